The van der Waals surface area contributed by atoms with Crippen LogP contribution in [0.2, 0.25) is 0 Å². The van der Waals surface area contributed by atoms with Gasteiger partial charge in [0.15, 0.2) is 0 Å². The van der Waals surface area contributed by atoms with Crippen molar-refractivity contribution in [2.75, 3.05) is 0 Å². The fraction of sp³-hybridized carbons (Fsp3) is 0.727. The van der Waals surface area contributed by atoms with Crippen molar-refractivity contribution in [3.05, 3.63) is 16.1 Å². The zero-order valence-corrected chi connectivity index (χ0v) is 9.89. The van der Waals surface area contributed by atoms with Crippen molar-refractivity contribution >= 4 is 11.3 Å². The molecule has 0 spiro atoms. The van der Waals surface area contributed by atoms with Crippen molar-refractivity contribution in [2.24, 2.45) is 0 Å². The van der Waals surface area contributed by atoms with Gasteiger partial charge in [0, 0.05) is 17.5 Å². The number of aliphatic hydroxyl groups excluding tert-OH is 1. The Balaban J connectivity index is 1.84. The zero-order valence-electron chi connectivity index (χ0n) is 9.07. The first kappa shape index (κ1) is 11.0. The Kier molecular flexibility index (Phi) is 3.72. The number of thiazole rings is 1. The number of hydrogen-bond donors (Lipinski definition) is 2. The molecule has 1 fully saturated rings. The fourth-order valence-electron chi connectivity index (χ4n) is 2.07. The van der Waals surface area contributed by atoms with E-state index in [0.29, 0.717) is 0 Å². The summed E-state index contributed by atoms with van der Waals surface area (Å²) >= 11 is 1.68. The van der Waals surface area contributed by atoms with Crippen molar-refractivity contribution < 1.29 is 5.11 Å². The summed E-state index contributed by atoms with van der Waals surface area (Å²) in [4.78, 5) is 5.50. The molecule has 1 heterocycles. The van der Waals surface area contributed by atoms with Crippen molar-refractivity contribution in [2.45, 2.75) is 51.3 Å². The van der Waals surface area contributed by atoms with E-state index in [1.807, 2.05) is 12.4 Å². The summed E-state index contributed by atoms with van der Waals surface area (Å²) in [6.45, 7) is 2.88. The molecule has 1 aromatic rings. The summed E-state index contributed by atoms with van der Waals surface area (Å²) in [6, 6.07) is 0.278. The maximum absolute atomic E-state index is 9.79. The summed E-state index contributed by atoms with van der Waals surface area (Å²) in [5.41, 5.74) is 2.99. The summed E-state index contributed by atoms with van der Waals surface area (Å²) in [5, 5.41) is 13.2. The molecule has 84 valence electrons. The van der Waals surface area contributed by atoms with E-state index in [1.54, 1.807) is 11.3 Å². The van der Waals surface area contributed by atoms with E-state index in [2.05, 4.69) is 10.3 Å². The Labute approximate surface area is 94.5 Å². The molecular weight excluding hydrogens is 208 g/mol. The topological polar surface area (TPSA) is 45.2 Å². The Morgan fingerprint density at radius 1 is 1.53 bits per heavy atom. The molecule has 0 bridgehead atoms. The summed E-state index contributed by atoms with van der Waals surface area (Å²) < 4.78 is 0. The predicted molar refractivity (Wildman–Crippen MR) is 62.0 cm³/mol. The van der Waals surface area contributed by atoms with Crippen LogP contribution in [0.1, 0.15) is 36.3 Å². The Bertz CT molecular complexity index is 313. The highest BCUT2D eigenvalue weighted by Crippen LogP contribution is 2.19. The van der Waals surface area contributed by atoms with Crippen LogP contribution in [0.3, 0.4) is 0 Å². The van der Waals surface area contributed by atoms with E-state index in [9.17, 15) is 5.11 Å². The number of hydrogen-bond acceptors (Lipinski definition) is 4. The van der Waals surface area contributed by atoms with Crippen LogP contribution < -0.4 is 5.32 Å². The van der Waals surface area contributed by atoms with Gasteiger partial charge >= 0.3 is 0 Å². The molecule has 0 amide bonds. The van der Waals surface area contributed by atoms with Crippen molar-refractivity contribution in [1.82, 2.24) is 10.3 Å². The van der Waals surface area contributed by atoms with Gasteiger partial charge in [-0.05, 0) is 19.8 Å². The van der Waals surface area contributed by atoms with Crippen molar-refractivity contribution in [1.29, 1.82) is 0 Å². The van der Waals surface area contributed by atoms with Crippen LogP contribution in [0, 0.1) is 6.92 Å². The molecule has 3 nitrogen and oxygen atoms in total. The van der Waals surface area contributed by atoms with E-state index < -0.39 is 0 Å². The van der Waals surface area contributed by atoms with E-state index >= 15 is 0 Å². The summed E-state index contributed by atoms with van der Waals surface area (Å²) in [6.07, 6.45) is 4.28. The second-order valence-electron chi connectivity index (χ2n) is 4.20. The molecule has 1 aromatic heterocycles. The van der Waals surface area contributed by atoms with Gasteiger partial charge in [0.25, 0.3) is 0 Å². The van der Waals surface area contributed by atoms with Crippen LogP contribution in [-0.2, 0) is 6.54 Å². The van der Waals surface area contributed by atoms with Crippen molar-refractivity contribution in [3.8, 4) is 0 Å². The van der Waals surface area contributed by atoms with Crippen LogP contribution >= 0.6 is 11.3 Å². The SMILES string of the molecule is Cc1ncsc1CN[C@H]1CCCC[C@H]1O. The predicted octanol–water partition coefficient (Wildman–Crippen LogP) is 1.84. The van der Waals surface area contributed by atoms with Gasteiger partial charge in [-0.3, -0.25) is 0 Å². The summed E-state index contributed by atoms with van der Waals surface area (Å²) in [7, 11) is 0. The molecule has 1 aliphatic rings. The van der Waals surface area contributed by atoms with Gasteiger partial charge < -0.3 is 10.4 Å². The highest BCUT2D eigenvalue weighted by molar-refractivity contribution is 7.09. The van der Waals surface area contributed by atoms with Gasteiger partial charge in [0.2, 0.25) is 0 Å². The average Bonchev–Trinajstić information content (AvgIpc) is 2.63. The lowest BCUT2D eigenvalue weighted by Gasteiger charge is -2.28. The standard InChI is InChI=1S/C11H18N2OS/c1-8-11(15-7-13-8)6-12-9-4-2-3-5-10(9)14/h7,9-10,12,14H,2-6H2,1H3/t9-,10+/m0/s1. The molecule has 0 aliphatic heterocycles. The summed E-state index contributed by atoms with van der Waals surface area (Å²) in [5.74, 6) is 0. The lowest BCUT2D eigenvalue weighted by molar-refractivity contribution is 0.0903. The van der Waals surface area contributed by atoms with E-state index in [0.717, 1.165) is 25.1 Å². The maximum Gasteiger partial charge on any atom is 0.0798 e. The number of aryl methyl sites for hydroxylation is 1. The average molecular weight is 226 g/mol. The molecule has 0 unspecified atom stereocenters. The Morgan fingerprint density at radius 2 is 2.33 bits per heavy atom. The van der Waals surface area contributed by atoms with Gasteiger partial charge in [0.05, 0.1) is 17.3 Å². The van der Waals surface area contributed by atoms with E-state index in [1.165, 1.54) is 17.7 Å². The largest absolute Gasteiger partial charge is 0.392 e. The minimum atomic E-state index is -0.160. The fourth-order valence-corrected chi connectivity index (χ4v) is 2.80. The molecule has 0 saturated heterocycles. The van der Waals surface area contributed by atoms with Crippen LogP contribution in [0.4, 0.5) is 0 Å². The van der Waals surface area contributed by atoms with Crippen LogP contribution in [-0.4, -0.2) is 22.2 Å². The third-order valence-corrected chi connectivity index (χ3v) is 4.03. The molecule has 4 heteroatoms. The van der Waals surface area contributed by atoms with Crippen LogP contribution in [0.5, 0.6) is 0 Å². The van der Waals surface area contributed by atoms with Gasteiger partial charge in [-0.1, -0.05) is 12.8 Å². The molecular formula is C11H18N2OS. The normalized spacial score (nSPS) is 26.8. The first-order valence-corrected chi connectivity index (χ1v) is 6.46. The van der Waals surface area contributed by atoms with Gasteiger partial charge in [-0.25, -0.2) is 4.98 Å². The molecule has 1 aliphatic carbocycles. The molecule has 2 rings (SSSR count). The number of aliphatic hydroxyl groups is 1. The van der Waals surface area contributed by atoms with Gasteiger partial charge in [-0.2, -0.15) is 0 Å². The second kappa shape index (κ2) is 5.05. The molecule has 0 aromatic carbocycles. The quantitative estimate of drug-likeness (QED) is 0.826. The van der Waals surface area contributed by atoms with Crippen LogP contribution in [0.15, 0.2) is 5.51 Å². The maximum atomic E-state index is 9.79. The number of nitrogens with one attached hydrogen (secondary N) is 1. The highest BCUT2D eigenvalue weighted by atomic mass is 32.1. The number of nitrogens with zero attached hydrogens (tertiary/aromatic N) is 1. The monoisotopic (exact) mass is 226 g/mol. The second-order valence-corrected chi connectivity index (χ2v) is 5.14. The minimum Gasteiger partial charge on any atom is -0.392 e. The smallest absolute Gasteiger partial charge is 0.0798 e. The zero-order chi connectivity index (χ0) is 10.7. The third-order valence-electron chi connectivity index (χ3n) is 3.10. The number of rotatable bonds is 3. The Hall–Kier alpha value is -0.450. The van der Waals surface area contributed by atoms with E-state index in [4.69, 9.17) is 0 Å². The molecule has 15 heavy (non-hydrogen) atoms. The molecule has 2 N–H and O–H groups in total. The molecule has 2 atom stereocenters. The Morgan fingerprint density at radius 3 is 3.00 bits per heavy atom. The third kappa shape index (κ3) is 2.77. The minimum absolute atomic E-state index is 0.160. The highest BCUT2D eigenvalue weighted by Gasteiger charge is 2.22. The molecule has 1 saturated carbocycles. The van der Waals surface area contributed by atoms with E-state index in [-0.39, 0.29) is 12.1 Å². The van der Waals surface area contributed by atoms with Crippen molar-refractivity contribution in [3.63, 3.8) is 0 Å². The van der Waals surface area contributed by atoms with Gasteiger partial charge in [-0.15, -0.1) is 11.3 Å². The van der Waals surface area contributed by atoms with Crippen LogP contribution in [0.25, 0.3) is 0 Å². The number of aromatic nitrogens is 1. The lowest BCUT2D eigenvalue weighted by atomic mass is 9.92. The molecule has 0 radical (unpaired) electrons. The first-order valence-electron chi connectivity index (χ1n) is 5.58. The van der Waals surface area contributed by atoms with Gasteiger partial charge in [0.1, 0.15) is 0 Å². The first-order chi connectivity index (χ1) is 7.27. The lowest BCUT2D eigenvalue weighted by Crippen LogP contribution is -2.41.